The number of hydrogen-bond acceptors (Lipinski definition) is 2. The Bertz CT molecular complexity index is 662. The van der Waals surface area contributed by atoms with Crippen LogP contribution in [-0.2, 0) is 16.0 Å². The normalized spacial score (nSPS) is 20.8. The fourth-order valence-electron chi connectivity index (χ4n) is 2.55. The average molecular weight is 272 g/mol. The van der Waals surface area contributed by atoms with Gasteiger partial charge in [-0.25, -0.2) is 0 Å². The van der Waals surface area contributed by atoms with E-state index < -0.39 is 11.9 Å². The smallest absolute Gasteiger partial charge is 0.307 e. The minimum absolute atomic E-state index is 0.141. The second kappa shape index (κ2) is 5.00. The monoisotopic (exact) mass is 272 g/mol. The number of carbonyl (C=O) groups is 2. The summed E-state index contributed by atoms with van der Waals surface area (Å²) in [5.74, 6) is -1.84. The maximum atomic E-state index is 11.7. The van der Waals surface area contributed by atoms with Crippen molar-refractivity contribution in [3.63, 3.8) is 0 Å². The van der Waals surface area contributed by atoms with Gasteiger partial charge in [-0.15, -0.1) is 0 Å². The highest BCUT2D eigenvalue weighted by Gasteiger charge is 2.48. The van der Waals surface area contributed by atoms with Gasteiger partial charge in [-0.2, -0.15) is 0 Å². The van der Waals surface area contributed by atoms with Gasteiger partial charge in [0.25, 0.3) is 0 Å². The predicted octanol–water partition coefficient (Wildman–Crippen LogP) is 1.55. The van der Waals surface area contributed by atoms with Gasteiger partial charge in [0.1, 0.15) is 0 Å². The molecule has 1 aromatic carbocycles. The molecule has 1 amide bonds. The molecule has 3 rings (SSSR count). The van der Waals surface area contributed by atoms with Gasteiger partial charge in [-0.3, -0.25) is 9.59 Å². The molecule has 0 aliphatic heterocycles. The van der Waals surface area contributed by atoms with Gasteiger partial charge in [0.05, 0.1) is 11.8 Å². The Morgan fingerprint density at radius 3 is 2.85 bits per heavy atom. The average Bonchev–Trinajstić information content (AvgIpc) is 3.15. The standard InChI is InChI=1S/C15H16N2O3/c18-14(11-7-12(11)15(19)20)16-6-5-9-8-17-13-4-2-1-3-10(9)13/h1-4,8,11-12,17H,5-7H2,(H,16,18)(H,19,20)/t11-,12+/m1/s1. The molecule has 2 aromatic rings. The Kier molecular flexibility index (Phi) is 3.18. The number of aliphatic carboxylic acids is 1. The lowest BCUT2D eigenvalue weighted by molar-refractivity contribution is -0.140. The first-order valence-electron chi connectivity index (χ1n) is 6.72. The van der Waals surface area contributed by atoms with Crippen molar-refractivity contribution >= 4 is 22.8 Å². The summed E-state index contributed by atoms with van der Waals surface area (Å²) in [5.41, 5.74) is 2.24. The number of H-pyrrole nitrogens is 1. The molecule has 0 bridgehead atoms. The van der Waals surface area contributed by atoms with Crippen molar-refractivity contribution in [1.82, 2.24) is 10.3 Å². The third-order valence-electron chi connectivity index (χ3n) is 3.81. The first kappa shape index (κ1) is 12.7. The van der Waals surface area contributed by atoms with Crippen LogP contribution in [0.1, 0.15) is 12.0 Å². The van der Waals surface area contributed by atoms with Crippen molar-refractivity contribution in [2.24, 2.45) is 11.8 Å². The third-order valence-corrected chi connectivity index (χ3v) is 3.81. The van der Waals surface area contributed by atoms with Crippen LogP contribution in [-0.4, -0.2) is 28.5 Å². The summed E-state index contributed by atoms with van der Waals surface area (Å²) in [6.45, 7) is 0.531. The molecule has 1 aromatic heterocycles. The minimum atomic E-state index is -0.873. The van der Waals surface area contributed by atoms with E-state index in [1.165, 1.54) is 0 Å². The summed E-state index contributed by atoms with van der Waals surface area (Å²) in [6.07, 6.45) is 3.16. The zero-order valence-corrected chi connectivity index (χ0v) is 10.9. The number of para-hydroxylation sites is 1. The van der Waals surface area contributed by atoms with Crippen LogP contribution in [0.5, 0.6) is 0 Å². The van der Waals surface area contributed by atoms with Crippen LogP contribution < -0.4 is 5.32 Å². The van der Waals surface area contributed by atoms with Crippen molar-refractivity contribution in [2.45, 2.75) is 12.8 Å². The van der Waals surface area contributed by atoms with E-state index in [1.807, 2.05) is 30.5 Å². The quantitative estimate of drug-likeness (QED) is 0.772. The maximum absolute atomic E-state index is 11.7. The first-order valence-corrected chi connectivity index (χ1v) is 6.72. The van der Waals surface area contributed by atoms with E-state index in [-0.39, 0.29) is 11.8 Å². The van der Waals surface area contributed by atoms with E-state index in [1.54, 1.807) is 0 Å². The second-order valence-electron chi connectivity index (χ2n) is 5.19. The van der Waals surface area contributed by atoms with E-state index in [0.29, 0.717) is 13.0 Å². The number of fused-ring (bicyclic) bond motifs is 1. The second-order valence-corrected chi connectivity index (χ2v) is 5.19. The lowest BCUT2D eigenvalue weighted by atomic mass is 10.1. The number of hydrogen-bond donors (Lipinski definition) is 3. The fourth-order valence-corrected chi connectivity index (χ4v) is 2.55. The van der Waals surface area contributed by atoms with Gasteiger partial charge in [0, 0.05) is 23.6 Å². The molecule has 1 saturated carbocycles. The number of aromatic nitrogens is 1. The van der Waals surface area contributed by atoms with Gasteiger partial charge in [-0.1, -0.05) is 18.2 Å². The van der Waals surface area contributed by atoms with Gasteiger partial charge in [0.2, 0.25) is 5.91 Å². The van der Waals surface area contributed by atoms with Gasteiger partial charge in [0.15, 0.2) is 0 Å². The molecule has 5 heteroatoms. The number of aromatic amines is 1. The summed E-state index contributed by atoms with van der Waals surface area (Å²) in [4.78, 5) is 25.6. The number of amides is 1. The lowest BCUT2D eigenvalue weighted by Gasteiger charge is -2.03. The number of benzene rings is 1. The first-order chi connectivity index (χ1) is 9.66. The van der Waals surface area contributed by atoms with Crippen molar-refractivity contribution in [3.8, 4) is 0 Å². The van der Waals surface area contributed by atoms with Crippen LogP contribution in [0.15, 0.2) is 30.5 Å². The molecule has 1 aliphatic rings. The molecule has 3 N–H and O–H groups in total. The van der Waals surface area contributed by atoms with Gasteiger partial charge in [-0.05, 0) is 24.5 Å². The van der Waals surface area contributed by atoms with Crippen molar-refractivity contribution in [1.29, 1.82) is 0 Å². The van der Waals surface area contributed by atoms with Crippen molar-refractivity contribution < 1.29 is 14.7 Å². The minimum Gasteiger partial charge on any atom is -0.481 e. The summed E-state index contributed by atoms with van der Waals surface area (Å²) in [7, 11) is 0. The van der Waals surface area contributed by atoms with Crippen molar-refractivity contribution in [2.75, 3.05) is 6.54 Å². The molecule has 0 radical (unpaired) electrons. The largest absolute Gasteiger partial charge is 0.481 e. The van der Waals surface area contributed by atoms with Crippen LogP contribution in [0.25, 0.3) is 10.9 Å². The molecule has 1 fully saturated rings. The zero-order valence-electron chi connectivity index (χ0n) is 10.9. The van der Waals surface area contributed by atoms with Gasteiger partial charge >= 0.3 is 5.97 Å². The summed E-state index contributed by atoms with van der Waals surface area (Å²) >= 11 is 0. The molecule has 104 valence electrons. The molecular weight excluding hydrogens is 256 g/mol. The Morgan fingerprint density at radius 1 is 1.30 bits per heavy atom. The molecule has 0 spiro atoms. The zero-order chi connectivity index (χ0) is 14.1. The molecule has 1 heterocycles. The van der Waals surface area contributed by atoms with Crippen LogP contribution in [0, 0.1) is 11.8 Å². The van der Waals surface area contributed by atoms with Gasteiger partial charge < -0.3 is 15.4 Å². The molecule has 0 saturated heterocycles. The number of rotatable bonds is 5. The Balaban J connectivity index is 1.53. The Hall–Kier alpha value is -2.30. The topological polar surface area (TPSA) is 82.2 Å². The van der Waals surface area contributed by atoms with Crippen LogP contribution in [0.4, 0.5) is 0 Å². The fraction of sp³-hybridized carbons (Fsp3) is 0.333. The van der Waals surface area contributed by atoms with Crippen molar-refractivity contribution in [3.05, 3.63) is 36.0 Å². The molecule has 5 nitrogen and oxygen atoms in total. The number of carboxylic acids is 1. The van der Waals surface area contributed by atoms with E-state index in [9.17, 15) is 9.59 Å². The predicted molar refractivity (Wildman–Crippen MR) is 74.2 cm³/mol. The van der Waals surface area contributed by atoms with Crippen LogP contribution in [0.3, 0.4) is 0 Å². The maximum Gasteiger partial charge on any atom is 0.307 e. The summed E-state index contributed by atoms with van der Waals surface area (Å²) < 4.78 is 0. The third kappa shape index (κ3) is 2.39. The number of nitrogens with one attached hydrogen (secondary N) is 2. The van der Waals surface area contributed by atoms with Crippen LogP contribution in [0.2, 0.25) is 0 Å². The number of carboxylic acid groups (broad SMARTS) is 1. The highest BCUT2D eigenvalue weighted by atomic mass is 16.4. The Morgan fingerprint density at radius 2 is 2.10 bits per heavy atom. The van der Waals surface area contributed by atoms with E-state index in [2.05, 4.69) is 10.3 Å². The van der Waals surface area contributed by atoms with Crippen LogP contribution >= 0.6 is 0 Å². The van der Waals surface area contributed by atoms with E-state index in [4.69, 9.17) is 5.11 Å². The highest BCUT2D eigenvalue weighted by molar-refractivity contribution is 5.89. The highest BCUT2D eigenvalue weighted by Crippen LogP contribution is 2.38. The summed E-state index contributed by atoms with van der Waals surface area (Å²) in [5, 5.41) is 12.8. The SMILES string of the molecule is O=C(O)[C@H]1C[C@H]1C(=O)NCCc1c[nH]c2ccccc12. The van der Waals surface area contributed by atoms with E-state index >= 15 is 0 Å². The molecule has 1 aliphatic carbocycles. The van der Waals surface area contributed by atoms with E-state index in [0.717, 1.165) is 22.9 Å². The Labute approximate surface area is 116 Å². The molecular formula is C15H16N2O3. The number of carbonyl (C=O) groups excluding carboxylic acids is 1. The summed E-state index contributed by atoms with van der Waals surface area (Å²) in [6, 6.07) is 8.02. The molecule has 0 unspecified atom stereocenters. The molecule has 20 heavy (non-hydrogen) atoms. The molecule has 2 atom stereocenters. The lowest BCUT2D eigenvalue weighted by Crippen LogP contribution is -2.28.